The smallest absolute Gasteiger partial charge is 0.211 e. The fourth-order valence-electron chi connectivity index (χ4n) is 2.81. The molecule has 0 bridgehead atoms. The van der Waals surface area contributed by atoms with Crippen LogP contribution in [0, 0.1) is 5.92 Å². The van der Waals surface area contributed by atoms with Crippen molar-refractivity contribution in [2.75, 3.05) is 13.6 Å². The van der Waals surface area contributed by atoms with Gasteiger partial charge in [-0.15, -0.1) is 0 Å². The number of hydrogen-bond acceptors (Lipinski definition) is 3. The van der Waals surface area contributed by atoms with Crippen LogP contribution in [0.15, 0.2) is 22.8 Å². The normalized spacial score (nSPS) is 25.1. The Labute approximate surface area is 103 Å². The Hall–Kier alpha value is -1.09. The van der Waals surface area contributed by atoms with E-state index in [4.69, 9.17) is 4.42 Å². The Morgan fingerprint density at radius 1 is 1.47 bits per heavy atom. The monoisotopic (exact) mass is 235 g/mol. The topological polar surface area (TPSA) is 33.5 Å². The molecule has 1 fully saturated rings. The Bertz CT molecular complexity index is 358. The molecule has 0 aliphatic heterocycles. The van der Waals surface area contributed by atoms with Crippen molar-refractivity contribution >= 4 is 5.78 Å². The van der Waals surface area contributed by atoms with Crippen LogP contribution in [0.3, 0.4) is 0 Å². The number of Topliss-reactive ketones (excluding diaryl/α,β-unsaturated/α-hetero) is 1. The summed E-state index contributed by atoms with van der Waals surface area (Å²) in [4.78, 5) is 14.1. The van der Waals surface area contributed by atoms with Crippen LogP contribution in [0.2, 0.25) is 0 Å². The molecule has 0 aromatic carbocycles. The van der Waals surface area contributed by atoms with E-state index in [1.165, 1.54) is 25.7 Å². The summed E-state index contributed by atoms with van der Waals surface area (Å²) < 4.78 is 5.13. The van der Waals surface area contributed by atoms with Crippen LogP contribution in [0.25, 0.3) is 0 Å². The molecule has 17 heavy (non-hydrogen) atoms. The highest BCUT2D eigenvalue weighted by atomic mass is 16.3. The number of nitrogens with zero attached hydrogens (tertiary/aromatic N) is 1. The second kappa shape index (κ2) is 5.50. The van der Waals surface area contributed by atoms with E-state index in [2.05, 4.69) is 11.8 Å². The van der Waals surface area contributed by atoms with E-state index in [9.17, 15) is 4.79 Å². The molecular weight excluding hydrogens is 214 g/mol. The van der Waals surface area contributed by atoms with Gasteiger partial charge in [0.15, 0.2) is 5.76 Å². The Morgan fingerprint density at radius 2 is 2.24 bits per heavy atom. The molecule has 0 amide bonds. The molecule has 3 nitrogen and oxygen atoms in total. The Kier molecular flexibility index (Phi) is 4.00. The van der Waals surface area contributed by atoms with Crippen molar-refractivity contribution in [2.45, 2.75) is 38.6 Å². The third-order valence-corrected chi connectivity index (χ3v) is 3.82. The average Bonchev–Trinajstić information content (AvgIpc) is 2.82. The molecule has 1 heterocycles. The molecule has 1 aromatic rings. The molecule has 2 atom stereocenters. The van der Waals surface area contributed by atoms with E-state index in [-0.39, 0.29) is 5.78 Å². The van der Waals surface area contributed by atoms with Gasteiger partial charge in [0, 0.05) is 6.04 Å². The average molecular weight is 235 g/mol. The summed E-state index contributed by atoms with van der Waals surface area (Å²) >= 11 is 0. The summed E-state index contributed by atoms with van der Waals surface area (Å²) in [5.74, 6) is 1.24. The number of furan rings is 1. The first-order valence-electron chi connectivity index (χ1n) is 6.45. The van der Waals surface area contributed by atoms with E-state index < -0.39 is 0 Å². The fraction of sp³-hybridized carbons (Fsp3) is 0.643. The lowest BCUT2D eigenvalue weighted by atomic mass is 9.85. The minimum absolute atomic E-state index is 0.0790. The lowest BCUT2D eigenvalue weighted by Crippen LogP contribution is -2.41. The lowest BCUT2D eigenvalue weighted by Gasteiger charge is -2.35. The number of carbonyl (C=O) groups is 1. The van der Waals surface area contributed by atoms with E-state index >= 15 is 0 Å². The van der Waals surface area contributed by atoms with Gasteiger partial charge in [-0.3, -0.25) is 9.69 Å². The van der Waals surface area contributed by atoms with Crippen LogP contribution in [-0.2, 0) is 0 Å². The third kappa shape index (κ3) is 2.97. The van der Waals surface area contributed by atoms with Crippen molar-refractivity contribution in [3.05, 3.63) is 24.2 Å². The van der Waals surface area contributed by atoms with E-state index in [1.54, 1.807) is 18.4 Å². The van der Waals surface area contributed by atoms with Crippen molar-refractivity contribution in [1.82, 2.24) is 4.90 Å². The first kappa shape index (κ1) is 12.4. The zero-order valence-corrected chi connectivity index (χ0v) is 10.7. The summed E-state index contributed by atoms with van der Waals surface area (Å²) in [6.45, 7) is 2.75. The molecule has 0 radical (unpaired) electrons. The minimum atomic E-state index is 0.0790. The van der Waals surface area contributed by atoms with Crippen LogP contribution >= 0.6 is 0 Å². The number of carbonyl (C=O) groups excluding carboxylic acids is 1. The SMILES string of the molecule is CC1CCCCC1N(C)CC(=O)c1ccco1. The predicted octanol–water partition coefficient (Wildman–Crippen LogP) is 2.97. The van der Waals surface area contributed by atoms with Gasteiger partial charge in [-0.2, -0.15) is 0 Å². The molecule has 3 heteroatoms. The first-order chi connectivity index (χ1) is 8.18. The molecule has 1 saturated carbocycles. The second-order valence-electron chi connectivity index (χ2n) is 5.14. The van der Waals surface area contributed by atoms with E-state index in [1.807, 2.05) is 7.05 Å². The molecule has 1 aliphatic carbocycles. The van der Waals surface area contributed by atoms with Gasteiger partial charge in [0.1, 0.15) is 0 Å². The van der Waals surface area contributed by atoms with Crippen LogP contribution in [-0.4, -0.2) is 30.3 Å². The number of rotatable bonds is 4. The molecule has 0 spiro atoms. The minimum Gasteiger partial charge on any atom is -0.461 e. The maximum Gasteiger partial charge on any atom is 0.211 e. The third-order valence-electron chi connectivity index (χ3n) is 3.82. The molecule has 94 valence electrons. The lowest BCUT2D eigenvalue weighted by molar-refractivity contribution is 0.0825. The maximum absolute atomic E-state index is 11.9. The van der Waals surface area contributed by atoms with E-state index in [0.717, 1.165) is 0 Å². The summed E-state index contributed by atoms with van der Waals surface area (Å²) in [5.41, 5.74) is 0. The number of hydrogen-bond donors (Lipinski definition) is 0. The largest absolute Gasteiger partial charge is 0.461 e. The second-order valence-corrected chi connectivity index (χ2v) is 5.14. The standard InChI is InChI=1S/C14H21NO2/c1-11-6-3-4-7-12(11)15(2)10-13(16)14-8-5-9-17-14/h5,8-9,11-12H,3-4,6-7,10H2,1-2H3. The molecule has 1 aliphatic rings. The van der Waals surface area contributed by atoms with Crippen LogP contribution in [0.4, 0.5) is 0 Å². The summed E-state index contributed by atoms with van der Waals surface area (Å²) in [6.07, 6.45) is 6.66. The molecular formula is C14H21NO2. The number of likely N-dealkylation sites (N-methyl/N-ethyl adjacent to an activating group) is 1. The van der Waals surface area contributed by atoms with E-state index in [0.29, 0.717) is 24.3 Å². The zero-order valence-electron chi connectivity index (χ0n) is 10.7. The zero-order chi connectivity index (χ0) is 12.3. The van der Waals surface area contributed by atoms with Crippen LogP contribution < -0.4 is 0 Å². The quantitative estimate of drug-likeness (QED) is 0.752. The fourth-order valence-corrected chi connectivity index (χ4v) is 2.81. The number of ketones is 1. The van der Waals surface area contributed by atoms with Gasteiger partial charge in [0.25, 0.3) is 0 Å². The van der Waals surface area contributed by atoms with Gasteiger partial charge in [-0.05, 0) is 37.9 Å². The molecule has 0 N–H and O–H groups in total. The maximum atomic E-state index is 11.9. The van der Waals surface area contributed by atoms with Crippen molar-refractivity contribution < 1.29 is 9.21 Å². The van der Waals surface area contributed by atoms with Gasteiger partial charge in [0.05, 0.1) is 12.8 Å². The molecule has 1 aromatic heterocycles. The van der Waals surface area contributed by atoms with Crippen molar-refractivity contribution in [1.29, 1.82) is 0 Å². The van der Waals surface area contributed by atoms with Crippen molar-refractivity contribution in [2.24, 2.45) is 5.92 Å². The van der Waals surface area contributed by atoms with Gasteiger partial charge < -0.3 is 4.42 Å². The predicted molar refractivity (Wildman–Crippen MR) is 67.1 cm³/mol. The highest BCUT2D eigenvalue weighted by Gasteiger charge is 2.26. The van der Waals surface area contributed by atoms with Gasteiger partial charge >= 0.3 is 0 Å². The molecule has 2 rings (SSSR count). The van der Waals surface area contributed by atoms with Gasteiger partial charge in [-0.25, -0.2) is 0 Å². The Balaban J connectivity index is 1.92. The van der Waals surface area contributed by atoms with Crippen molar-refractivity contribution in [3.8, 4) is 0 Å². The Morgan fingerprint density at radius 3 is 2.88 bits per heavy atom. The van der Waals surface area contributed by atoms with Crippen molar-refractivity contribution in [3.63, 3.8) is 0 Å². The van der Waals surface area contributed by atoms with Gasteiger partial charge in [0.2, 0.25) is 5.78 Å². The summed E-state index contributed by atoms with van der Waals surface area (Å²) in [7, 11) is 2.05. The highest BCUT2D eigenvalue weighted by Crippen LogP contribution is 2.27. The first-order valence-corrected chi connectivity index (χ1v) is 6.45. The summed E-state index contributed by atoms with van der Waals surface area (Å²) in [5, 5.41) is 0. The highest BCUT2D eigenvalue weighted by molar-refractivity contribution is 5.94. The molecule has 0 saturated heterocycles. The van der Waals surface area contributed by atoms with Crippen LogP contribution in [0.5, 0.6) is 0 Å². The van der Waals surface area contributed by atoms with Gasteiger partial charge in [-0.1, -0.05) is 19.8 Å². The van der Waals surface area contributed by atoms with Crippen LogP contribution in [0.1, 0.15) is 43.2 Å². The summed E-state index contributed by atoms with van der Waals surface area (Å²) in [6, 6.07) is 4.04. The molecule has 2 unspecified atom stereocenters.